The molecule has 0 bridgehead atoms. The molecule has 3 rings (SSSR count). The van der Waals surface area contributed by atoms with Crippen LogP contribution in [0.15, 0.2) is 0 Å². The lowest BCUT2D eigenvalue weighted by atomic mass is 9.56. The van der Waals surface area contributed by atoms with Crippen molar-refractivity contribution in [3.05, 3.63) is 0 Å². The van der Waals surface area contributed by atoms with E-state index >= 15 is 0 Å². The van der Waals surface area contributed by atoms with Gasteiger partial charge in [0, 0.05) is 43.8 Å². The van der Waals surface area contributed by atoms with E-state index in [1.807, 2.05) is 0 Å². The van der Waals surface area contributed by atoms with Gasteiger partial charge < -0.3 is 15.2 Å². The molecule has 2 saturated heterocycles. The van der Waals surface area contributed by atoms with Crippen molar-refractivity contribution in [3.63, 3.8) is 0 Å². The summed E-state index contributed by atoms with van der Waals surface area (Å²) in [5.41, 5.74) is 6.63. The predicted octanol–water partition coefficient (Wildman–Crippen LogP) is 0.215. The van der Waals surface area contributed by atoms with E-state index in [4.69, 9.17) is 15.2 Å². The van der Waals surface area contributed by atoms with Gasteiger partial charge in [-0.15, -0.1) is 0 Å². The van der Waals surface area contributed by atoms with Crippen LogP contribution in [-0.2, 0) is 9.47 Å². The highest BCUT2D eigenvalue weighted by Crippen LogP contribution is 2.50. The Bertz CT molecular complexity index is 247. The fourth-order valence-electron chi connectivity index (χ4n) is 3.65. The summed E-state index contributed by atoms with van der Waals surface area (Å²) < 4.78 is 10.9. The number of nitrogens with zero attached hydrogens (tertiary/aromatic N) is 1. The molecule has 3 aliphatic rings. The lowest BCUT2D eigenvalue weighted by Gasteiger charge is -2.60. The molecule has 2 atom stereocenters. The third kappa shape index (κ3) is 1.59. The Kier molecular flexibility index (Phi) is 2.92. The van der Waals surface area contributed by atoms with E-state index in [-0.39, 0.29) is 0 Å². The minimum absolute atomic E-state index is 0.357. The lowest BCUT2D eigenvalue weighted by molar-refractivity contribution is -0.130. The normalized spacial score (nSPS) is 39.6. The molecule has 2 aliphatic heterocycles. The number of rotatable bonds is 1. The maximum Gasteiger partial charge on any atom is 0.0594 e. The number of hydrogen-bond acceptors (Lipinski definition) is 4. The van der Waals surface area contributed by atoms with Gasteiger partial charge in [0.2, 0.25) is 0 Å². The molecule has 4 nitrogen and oxygen atoms in total. The highest BCUT2D eigenvalue weighted by molar-refractivity contribution is 5.10. The van der Waals surface area contributed by atoms with Gasteiger partial charge in [0.25, 0.3) is 0 Å². The smallest absolute Gasteiger partial charge is 0.0594 e. The maximum atomic E-state index is 6.27. The third-order valence-corrected chi connectivity index (χ3v) is 4.79. The van der Waals surface area contributed by atoms with Gasteiger partial charge in [-0.05, 0) is 19.3 Å². The molecular weight excluding hydrogens is 204 g/mol. The summed E-state index contributed by atoms with van der Waals surface area (Å²) in [7, 11) is 0. The summed E-state index contributed by atoms with van der Waals surface area (Å²) in [4.78, 5) is 2.60. The van der Waals surface area contributed by atoms with Crippen LogP contribution in [0.1, 0.15) is 19.3 Å². The van der Waals surface area contributed by atoms with E-state index in [9.17, 15) is 0 Å². The number of hydrogen-bond donors (Lipinski definition) is 1. The monoisotopic (exact) mass is 226 g/mol. The fraction of sp³-hybridized carbons (Fsp3) is 1.00. The van der Waals surface area contributed by atoms with Crippen LogP contribution in [0.2, 0.25) is 0 Å². The Balaban J connectivity index is 1.70. The summed E-state index contributed by atoms with van der Waals surface area (Å²) in [5, 5.41) is 0. The van der Waals surface area contributed by atoms with Gasteiger partial charge in [0.1, 0.15) is 0 Å². The van der Waals surface area contributed by atoms with E-state index in [1.54, 1.807) is 0 Å². The first-order valence-electron chi connectivity index (χ1n) is 6.48. The summed E-state index contributed by atoms with van der Waals surface area (Å²) in [6, 6.07) is 1.08. The second kappa shape index (κ2) is 4.26. The number of morpholine rings is 1. The minimum Gasteiger partial charge on any atom is -0.381 e. The Hall–Kier alpha value is -0.160. The Morgan fingerprint density at radius 3 is 2.25 bits per heavy atom. The molecule has 2 unspecified atom stereocenters. The van der Waals surface area contributed by atoms with Crippen molar-refractivity contribution in [3.8, 4) is 0 Å². The second-order valence-corrected chi connectivity index (χ2v) is 5.35. The lowest BCUT2D eigenvalue weighted by Crippen LogP contribution is -2.69. The molecule has 92 valence electrons. The van der Waals surface area contributed by atoms with E-state index in [2.05, 4.69) is 4.90 Å². The molecule has 0 aromatic heterocycles. The van der Waals surface area contributed by atoms with Gasteiger partial charge in [-0.1, -0.05) is 0 Å². The highest BCUT2D eigenvalue weighted by Gasteiger charge is 2.55. The van der Waals surface area contributed by atoms with Crippen LogP contribution in [0, 0.1) is 5.41 Å². The van der Waals surface area contributed by atoms with Crippen LogP contribution in [-0.4, -0.2) is 56.5 Å². The van der Waals surface area contributed by atoms with Gasteiger partial charge in [-0.3, -0.25) is 4.90 Å². The molecule has 0 radical (unpaired) electrons. The average molecular weight is 226 g/mol. The van der Waals surface area contributed by atoms with Crippen molar-refractivity contribution in [2.24, 2.45) is 11.1 Å². The molecule has 0 aromatic rings. The van der Waals surface area contributed by atoms with Crippen molar-refractivity contribution in [2.75, 3.05) is 39.5 Å². The van der Waals surface area contributed by atoms with Crippen molar-refractivity contribution in [1.82, 2.24) is 4.90 Å². The number of nitrogens with two attached hydrogens (primary N) is 1. The molecule has 1 aliphatic carbocycles. The van der Waals surface area contributed by atoms with Crippen LogP contribution in [0.25, 0.3) is 0 Å². The van der Waals surface area contributed by atoms with Gasteiger partial charge in [-0.25, -0.2) is 0 Å². The molecule has 0 aromatic carbocycles. The van der Waals surface area contributed by atoms with E-state index in [0.29, 0.717) is 17.5 Å². The summed E-state index contributed by atoms with van der Waals surface area (Å²) in [6.45, 7) is 5.74. The first-order valence-corrected chi connectivity index (χ1v) is 6.48. The van der Waals surface area contributed by atoms with Crippen LogP contribution >= 0.6 is 0 Å². The Morgan fingerprint density at radius 2 is 1.62 bits per heavy atom. The molecule has 1 spiro atoms. The fourth-order valence-corrected chi connectivity index (χ4v) is 3.65. The largest absolute Gasteiger partial charge is 0.381 e. The highest BCUT2D eigenvalue weighted by atomic mass is 16.5. The quantitative estimate of drug-likeness (QED) is 0.694. The zero-order valence-electron chi connectivity index (χ0n) is 9.86. The third-order valence-electron chi connectivity index (χ3n) is 4.79. The van der Waals surface area contributed by atoms with E-state index in [1.165, 1.54) is 6.42 Å². The predicted molar refractivity (Wildman–Crippen MR) is 61.3 cm³/mol. The topological polar surface area (TPSA) is 47.7 Å². The molecular formula is C12H22N2O2. The zero-order valence-corrected chi connectivity index (χ0v) is 9.86. The van der Waals surface area contributed by atoms with Crippen LogP contribution in [0.5, 0.6) is 0 Å². The van der Waals surface area contributed by atoms with Crippen LogP contribution in [0.3, 0.4) is 0 Å². The van der Waals surface area contributed by atoms with Crippen molar-refractivity contribution >= 4 is 0 Å². The van der Waals surface area contributed by atoms with E-state index < -0.39 is 0 Å². The second-order valence-electron chi connectivity index (χ2n) is 5.35. The number of ether oxygens (including phenoxy) is 2. The standard InChI is InChI=1S/C12H22N2O2/c13-10-9-11(14-3-7-16-8-4-14)12(10)1-5-15-6-2-12/h10-11H,1-9,13H2. The van der Waals surface area contributed by atoms with Crippen LogP contribution in [0.4, 0.5) is 0 Å². The Labute approximate surface area is 97.1 Å². The molecule has 2 heterocycles. The maximum absolute atomic E-state index is 6.27. The van der Waals surface area contributed by atoms with Crippen molar-refractivity contribution in [1.29, 1.82) is 0 Å². The molecule has 2 N–H and O–H groups in total. The van der Waals surface area contributed by atoms with Crippen molar-refractivity contribution in [2.45, 2.75) is 31.3 Å². The molecule has 1 saturated carbocycles. The summed E-state index contributed by atoms with van der Waals surface area (Å²) in [6.07, 6.45) is 3.46. The molecule has 0 amide bonds. The van der Waals surface area contributed by atoms with E-state index in [0.717, 1.165) is 52.4 Å². The molecule has 16 heavy (non-hydrogen) atoms. The van der Waals surface area contributed by atoms with Crippen molar-refractivity contribution < 1.29 is 9.47 Å². The molecule has 4 heteroatoms. The summed E-state index contributed by atoms with van der Waals surface area (Å²) in [5.74, 6) is 0. The summed E-state index contributed by atoms with van der Waals surface area (Å²) >= 11 is 0. The average Bonchev–Trinajstić information content (AvgIpc) is 2.38. The zero-order chi connectivity index (χ0) is 11.0. The first-order chi connectivity index (χ1) is 7.83. The Morgan fingerprint density at radius 1 is 1.00 bits per heavy atom. The van der Waals surface area contributed by atoms with Gasteiger partial charge in [-0.2, -0.15) is 0 Å². The first kappa shape index (κ1) is 11.0. The van der Waals surface area contributed by atoms with Gasteiger partial charge >= 0.3 is 0 Å². The molecule has 3 fully saturated rings. The van der Waals surface area contributed by atoms with Crippen LogP contribution < -0.4 is 5.73 Å². The minimum atomic E-state index is 0.357. The van der Waals surface area contributed by atoms with Gasteiger partial charge in [0.05, 0.1) is 13.2 Å². The van der Waals surface area contributed by atoms with Gasteiger partial charge in [0.15, 0.2) is 0 Å². The SMILES string of the molecule is NC1CC(N2CCOCC2)C12CCOCC2.